The average Bonchev–Trinajstić information content (AvgIpc) is 2.26. The van der Waals surface area contributed by atoms with Gasteiger partial charge in [0.15, 0.2) is 0 Å². The number of nitrogens with one attached hydrogen (secondary N) is 1. The van der Waals surface area contributed by atoms with E-state index in [-0.39, 0.29) is 0 Å². The summed E-state index contributed by atoms with van der Waals surface area (Å²) in [7, 11) is 4.15. The van der Waals surface area contributed by atoms with Crippen LogP contribution in [0.4, 0.5) is 5.82 Å². The smallest absolute Gasteiger partial charge is 0.138 e. The van der Waals surface area contributed by atoms with Crippen molar-refractivity contribution in [3.8, 4) is 0 Å². The number of halogens is 1. The minimum Gasteiger partial charge on any atom is -0.365 e. The summed E-state index contributed by atoms with van der Waals surface area (Å²) in [5.74, 6) is 1.66. The largest absolute Gasteiger partial charge is 0.365 e. The summed E-state index contributed by atoms with van der Waals surface area (Å²) < 4.78 is 0. The van der Waals surface area contributed by atoms with Crippen LogP contribution in [0.15, 0.2) is 6.33 Å². The summed E-state index contributed by atoms with van der Waals surface area (Å²) in [6.45, 7) is 9.58. The minimum absolute atomic E-state index is 0.295. The van der Waals surface area contributed by atoms with Crippen molar-refractivity contribution in [2.75, 3.05) is 26.0 Å². The molecule has 0 amide bonds. The highest BCUT2D eigenvalue weighted by atomic mass is 35.5. The number of rotatable bonds is 6. The quantitative estimate of drug-likeness (QED) is 0.814. The SMILES string of the molecule is CC(C)c1c(Cl)ncnc1NC(CN(C)C)C(C)C. The maximum Gasteiger partial charge on any atom is 0.138 e. The van der Waals surface area contributed by atoms with Gasteiger partial charge < -0.3 is 10.2 Å². The van der Waals surface area contributed by atoms with E-state index in [1.165, 1.54) is 6.33 Å². The number of aromatic nitrogens is 2. The average molecular weight is 285 g/mol. The van der Waals surface area contributed by atoms with E-state index in [0.717, 1.165) is 17.9 Å². The second-order valence-corrected chi connectivity index (χ2v) is 6.20. The van der Waals surface area contributed by atoms with Gasteiger partial charge in [-0.3, -0.25) is 0 Å². The lowest BCUT2D eigenvalue weighted by molar-refractivity contribution is 0.344. The Balaban J connectivity index is 2.99. The molecular formula is C14H25ClN4. The molecule has 0 radical (unpaired) electrons. The molecule has 1 heterocycles. The normalized spacial score (nSPS) is 13.4. The first kappa shape index (κ1) is 16.2. The zero-order valence-corrected chi connectivity index (χ0v) is 13.5. The molecule has 0 aromatic carbocycles. The van der Waals surface area contributed by atoms with Gasteiger partial charge >= 0.3 is 0 Å². The molecule has 0 aliphatic carbocycles. The lowest BCUT2D eigenvalue weighted by Crippen LogP contribution is -2.37. The summed E-state index contributed by atoms with van der Waals surface area (Å²) >= 11 is 6.19. The molecule has 19 heavy (non-hydrogen) atoms. The van der Waals surface area contributed by atoms with Crippen molar-refractivity contribution < 1.29 is 0 Å². The van der Waals surface area contributed by atoms with Crippen molar-refractivity contribution in [2.24, 2.45) is 5.92 Å². The number of hydrogen-bond acceptors (Lipinski definition) is 4. The van der Waals surface area contributed by atoms with E-state index in [9.17, 15) is 0 Å². The van der Waals surface area contributed by atoms with Crippen LogP contribution in [-0.4, -0.2) is 41.5 Å². The van der Waals surface area contributed by atoms with Gasteiger partial charge in [-0.2, -0.15) is 0 Å². The van der Waals surface area contributed by atoms with Crippen molar-refractivity contribution in [2.45, 2.75) is 39.7 Å². The molecule has 1 rings (SSSR count). The van der Waals surface area contributed by atoms with E-state index >= 15 is 0 Å². The molecule has 0 saturated heterocycles. The van der Waals surface area contributed by atoms with E-state index in [1.54, 1.807) is 0 Å². The van der Waals surface area contributed by atoms with Crippen LogP contribution in [0, 0.1) is 5.92 Å². The fraction of sp³-hybridized carbons (Fsp3) is 0.714. The first-order chi connectivity index (χ1) is 8.82. The zero-order chi connectivity index (χ0) is 14.6. The molecule has 0 aliphatic heterocycles. The molecule has 0 aliphatic rings. The third kappa shape index (κ3) is 4.62. The predicted molar refractivity (Wildman–Crippen MR) is 81.9 cm³/mol. The van der Waals surface area contributed by atoms with E-state index in [1.807, 2.05) is 0 Å². The zero-order valence-electron chi connectivity index (χ0n) is 12.7. The molecule has 1 aromatic rings. The van der Waals surface area contributed by atoms with Gasteiger partial charge in [-0.15, -0.1) is 0 Å². The second-order valence-electron chi connectivity index (χ2n) is 5.84. The monoisotopic (exact) mass is 284 g/mol. The Hall–Kier alpha value is -0.870. The van der Waals surface area contributed by atoms with Crippen LogP contribution in [0.5, 0.6) is 0 Å². The highest BCUT2D eigenvalue weighted by molar-refractivity contribution is 6.30. The van der Waals surface area contributed by atoms with Crippen LogP contribution < -0.4 is 5.32 Å². The number of hydrogen-bond donors (Lipinski definition) is 1. The first-order valence-electron chi connectivity index (χ1n) is 6.74. The Morgan fingerprint density at radius 2 is 1.84 bits per heavy atom. The number of nitrogens with zero attached hydrogens (tertiary/aromatic N) is 3. The first-order valence-corrected chi connectivity index (χ1v) is 7.12. The Morgan fingerprint density at radius 1 is 1.21 bits per heavy atom. The second kappa shape index (κ2) is 7.06. The minimum atomic E-state index is 0.295. The summed E-state index contributed by atoms with van der Waals surface area (Å²) in [5.41, 5.74) is 0.994. The Bertz CT molecular complexity index is 404. The Labute approximate surface area is 121 Å². The standard InChI is InChI=1S/C14H25ClN4/c1-9(2)11(7-19(5)6)18-14-12(10(3)4)13(15)16-8-17-14/h8-11H,7H2,1-6H3,(H,16,17,18). The summed E-state index contributed by atoms with van der Waals surface area (Å²) in [5, 5.41) is 4.06. The predicted octanol–water partition coefficient (Wildman–Crippen LogP) is 3.25. The van der Waals surface area contributed by atoms with Crippen LogP contribution in [-0.2, 0) is 0 Å². The van der Waals surface area contributed by atoms with Gasteiger partial charge in [0.1, 0.15) is 17.3 Å². The van der Waals surface area contributed by atoms with Gasteiger partial charge in [-0.05, 0) is 25.9 Å². The van der Waals surface area contributed by atoms with Crippen molar-refractivity contribution in [1.29, 1.82) is 0 Å². The Kier molecular flexibility index (Phi) is 6.01. The van der Waals surface area contributed by atoms with Gasteiger partial charge in [-0.1, -0.05) is 39.3 Å². The molecule has 1 aromatic heterocycles. The fourth-order valence-electron chi connectivity index (χ4n) is 1.99. The maximum atomic E-state index is 6.19. The van der Waals surface area contributed by atoms with Gasteiger partial charge in [0.25, 0.3) is 0 Å². The van der Waals surface area contributed by atoms with Crippen LogP contribution in [0.25, 0.3) is 0 Å². The topological polar surface area (TPSA) is 41.1 Å². The molecule has 108 valence electrons. The molecule has 4 nitrogen and oxygen atoms in total. The van der Waals surface area contributed by atoms with E-state index in [2.05, 4.69) is 62.0 Å². The van der Waals surface area contributed by atoms with Gasteiger partial charge in [0.2, 0.25) is 0 Å². The third-order valence-corrected chi connectivity index (χ3v) is 3.40. The van der Waals surface area contributed by atoms with Crippen molar-refractivity contribution in [3.63, 3.8) is 0 Å². The van der Waals surface area contributed by atoms with Gasteiger partial charge in [0.05, 0.1) is 0 Å². The third-order valence-electron chi connectivity index (χ3n) is 3.10. The van der Waals surface area contributed by atoms with Gasteiger partial charge in [0, 0.05) is 18.2 Å². The number of anilines is 1. The molecule has 5 heteroatoms. The van der Waals surface area contributed by atoms with Crippen LogP contribution in [0.2, 0.25) is 5.15 Å². The number of likely N-dealkylation sites (N-methyl/N-ethyl adjacent to an activating group) is 1. The van der Waals surface area contributed by atoms with Crippen molar-refractivity contribution in [3.05, 3.63) is 17.0 Å². The van der Waals surface area contributed by atoms with Crippen molar-refractivity contribution >= 4 is 17.4 Å². The van der Waals surface area contributed by atoms with E-state index in [4.69, 9.17) is 11.6 Å². The lowest BCUT2D eigenvalue weighted by atomic mass is 10.0. The van der Waals surface area contributed by atoms with Crippen LogP contribution >= 0.6 is 11.6 Å². The molecule has 0 bridgehead atoms. The summed E-state index contributed by atoms with van der Waals surface area (Å²) in [6, 6.07) is 0.332. The highest BCUT2D eigenvalue weighted by Crippen LogP contribution is 2.28. The molecule has 1 N–H and O–H groups in total. The summed E-state index contributed by atoms with van der Waals surface area (Å²) in [4.78, 5) is 10.6. The molecule has 1 unspecified atom stereocenters. The maximum absolute atomic E-state index is 6.19. The van der Waals surface area contributed by atoms with Gasteiger partial charge in [-0.25, -0.2) is 9.97 Å². The Morgan fingerprint density at radius 3 is 2.32 bits per heavy atom. The molecule has 1 atom stereocenters. The van der Waals surface area contributed by atoms with Crippen molar-refractivity contribution in [1.82, 2.24) is 14.9 Å². The van der Waals surface area contributed by atoms with Crippen LogP contribution in [0.1, 0.15) is 39.2 Å². The van der Waals surface area contributed by atoms with Crippen LogP contribution in [0.3, 0.4) is 0 Å². The summed E-state index contributed by atoms with van der Waals surface area (Å²) in [6.07, 6.45) is 1.52. The van der Waals surface area contributed by atoms with E-state index in [0.29, 0.717) is 23.0 Å². The lowest BCUT2D eigenvalue weighted by Gasteiger charge is -2.27. The highest BCUT2D eigenvalue weighted by Gasteiger charge is 2.19. The molecular weight excluding hydrogens is 260 g/mol. The molecule has 0 spiro atoms. The van der Waals surface area contributed by atoms with E-state index < -0.39 is 0 Å². The fourth-order valence-corrected chi connectivity index (χ4v) is 2.34. The molecule has 0 saturated carbocycles. The molecule has 0 fully saturated rings.